The van der Waals surface area contributed by atoms with Crippen LogP contribution >= 0.6 is 0 Å². The standard InChI is InChI=1S/C18H32O7/c1-7-12(4)23-15(19)10-18(22,17(21)25-14(6)9-3)11-16(20)24-13(5)8-2/h12-14,22H,7-11H2,1-6H3. The Morgan fingerprint density at radius 1 is 0.760 bits per heavy atom. The molecule has 7 heteroatoms. The third-order valence-electron chi connectivity index (χ3n) is 3.95. The Kier molecular flexibility index (Phi) is 10.4. The van der Waals surface area contributed by atoms with E-state index in [-0.39, 0.29) is 12.2 Å². The summed E-state index contributed by atoms with van der Waals surface area (Å²) in [6.45, 7) is 10.5. The molecule has 0 aliphatic rings. The maximum atomic E-state index is 12.3. The molecule has 0 fully saturated rings. The number of aliphatic hydroxyl groups is 1. The molecule has 0 amide bonds. The fourth-order valence-corrected chi connectivity index (χ4v) is 1.76. The lowest BCUT2D eigenvalue weighted by Gasteiger charge is -2.27. The minimum Gasteiger partial charge on any atom is -0.463 e. The van der Waals surface area contributed by atoms with Gasteiger partial charge in [0.2, 0.25) is 0 Å². The van der Waals surface area contributed by atoms with E-state index < -0.39 is 42.5 Å². The third kappa shape index (κ3) is 8.86. The predicted octanol–water partition coefficient (Wildman–Crippen LogP) is 2.52. The van der Waals surface area contributed by atoms with Gasteiger partial charge in [0.15, 0.2) is 5.60 Å². The van der Waals surface area contributed by atoms with E-state index in [1.807, 2.05) is 20.8 Å². The van der Waals surface area contributed by atoms with E-state index in [0.29, 0.717) is 19.3 Å². The van der Waals surface area contributed by atoms with E-state index in [0.717, 1.165) is 0 Å². The molecule has 0 aliphatic carbocycles. The molecule has 0 spiro atoms. The highest BCUT2D eigenvalue weighted by molar-refractivity contribution is 5.90. The van der Waals surface area contributed by atoms with Gasteiger partial charge in [0.1, 0.15) is 0 Å². The normalized spacial score (nSPS) is 16.9. The van der Waals surface area contributed by atoms with Crippen molar-refractivity contribution < 1.29 is 33.7 Å². The van der Waals surface area contributed by atoms with Crippen molar-refractivity contribution in [2.24, 2.45) is 0 Å². The van der Waals surface area contributed by atoms with Crippen LogP contribution in [0.4, 0.5) is 0 Å². The SMILES string of the molecule is CCC(C)OC(=O)CC(O)(CC(=O)OC(C)CC)C(=O)OC(C)CC. The van der Waals surface area contributed by atoms with Gasteiger partial charge in [-0.3, -0.25) is 9.59 Å². The first-order valence-electron chi connectivity index (χ1n) is 8.90. The number of ether oxygens (including phenoxy) is 3. The number of rotatable bonds is 11. The van der Waals surface area contributed by atoms with E-state index in [2.05, 4.69) is 0 Å². The van der Waals surface area contributed by atoms with Crippen LogP contribution in [0.5, 0.6) is 0 Å². The van der Waals surface area contributed by atoms with Crippen LogP contribution in [-0.2, 0) is 28.6 Å². The lowest BCUT2D eigenvalue weighted by atomic mass is 9.95. The monoisotopic (exact) mass is 360 g/mol. The fourth-order valence-electron chi connectivity index (χ4n) is 1.76. The second kappa shape index (κ2) is 11.1. The van der Waals surface area contributed by atoms with E-state index in [9.17, 15) is 19.5 Å². The molecular weight excluding hydrogens is 328 g/mol. The van der Waals surface area contributed by atoms with Crippen molar-refractivity contribution in [3.8, 4) is 0 Å². The maximum Gasteiger partial charge on any atom is 0.339 e. The molecule has 0 saturated heterocycles. The van der Waals surface area contributed by atoms with Crippen LogP contribution in [0.25, 0.3) is 0 Å². The summed E-state index contributed by atoms with van der Waals surface area (Å²) in [6.07, 6.45) is -0.755. The average molecular weight is 360 g/mol. The van der Waals surface area contributed by atoms with Crippen molar-refractivity contribution in [1.29, 1.82) is 0 Å². The van der Waals surface area contributed by atoms with E-state index in [1.54, 1.807) is 20.8 Å². The number of hydrogen-bond acceptors (Lipinski definition) is 7. The van der Waals surface area contributed by atoms with Crippen LogP contribution in [-0.4, -0.2) is 46.9 Å². The first-order valence-corrected chi connectivity index (χ1v) is 8.90. The van der Waals surface area contributed by atoms with Gasteiger partial charge in [-0.2, -0.15) is 0 Å². The van der Waals surface area contributed by atoms with Gasteiger partial charge in [-0.05, 0) is 40.0 Å². The van der Waals surface area contributed by atoms with Gasteiger partial charge in [0.05, 0.1) is 31.2 Å². The molecule has 0 radical (unpaired) electrons. The third-order valence-corrected chi connectivity index (χ3v) is 3.95. The molecule has 0 rings (SSSR count). The van der Waals surface area contributed by atoms with Crippen molar-refractivity contribution in [2.75, 3.05) is 0 Å². The van der Waals surface area contributed by atoms with Gasteiger partial charge in [-0.25, -0.2) is 4.79 Å². The molecule has 146 valence electrons. The predicted molar refractivity (Wildman–Crippen MR) is 91.7 cm³/mol. The topological polar surface area (TPSA) is 99.1 Å². The van der Waals surface area contributed by atoms with Gasteiger partial charge in [-0.1, -0.05) is 20.8 Å². The first-order chi connectivity index (χ1) is 11.6. The highest BCUT2D eigenvalue weighted by Gasteiger charge is 2.44. The van der Waals surface area contributed by atoms with Gasteiger partial charge >= 0.3 is 17.9 Å². The van der Waals surface area contributed by atoms with E-state index in [4.69, 9.17) is 14.2 Å². The highest BCUT2D eigenvalue weighted by Crippen LogP contribution is 2.22. The van der Waals surface area contributed by atoms with Crippen molar-refractivity contribution in [2.45, 2.75) is 97.6 Å². The lowest BCUT2D eigenvalue weighted by Crippen LogP contribution is -2.46. The van der Waals surface area contributed by atoms with Crippen LogP contribution in [0, 0.1) is 0 Å². The van der Waals surface area contributed by atoms with Gasteiger partial charge < -0.3 is 19.3 Å². The average Bonchev–Trinajstić information content (AvgIpc) is 2.53. The Morgan fingerprint density at radius 2 is 1.08 bits per heavy atom. The number of carbonyl (C=O) groups is 3. The number of esters is 3. The number of hydrogen-bond donors (Lipinski definition) is 1. The molecule has 3 unspecified atom stereocenters. The second-order valence-corrected chi connectivity index (χ2v) is 6.43. The molecule has 0 aromatic carbocycles. The minimum atomic E-state index is -2.31. The molecule has 0 heterocycles. The molecule has 1 N–H and O–H groups in total. The quantitative estimate of drug-likeness (QED) is 0.446. The molecule has 0 bridgehead atoms. The molecule has 0 aromatic rings. The lowest BCUT2D eigenvalue weighted by molar-refractivity contribution is -0.183. The van der Waals surface area contributed by atoms with Crippen LogP contribution in [0.15, 0.2) is 0 Å². The second-order valence-electron chi connectivity index (χ2n) is 6.43. The fraction of sp³-hybridized carbons (Fsp3) is 0.833. The summed E-state index contributed by atoms with van der Waals surface area (Å²) < 4.78 is 15.3. The highest BCUT2D eigenvalue weighted by atomic mass is 16.6. The van der Waals surface area contributed by atoms with Crippen LogP contribution in [0.1, 0.15) is 73.6 Å². The first kappa shape index (κ1) is 23.4. The van der Waals surface area contributed by atoms with Gasteiger partial charge in [0, 0.05) is 0 Å². The Labute approximate surface area is 150 Å². The van der Waals surface area contributed by atoms with E-state index in [1.165, 1.54) is 0 Å². The van der Waals surface area contributed by atoms with E-state index >= 15 is 0 Å². The molecule has 0 saturated carbocycles. The molecular formula is C18H32O7. The molecule has 0 aromatic heterocycles. The largest absolute Gasteiger partial charge is 0.463 e. The molecule has 3 atom stereocenters. The summed E-state index contributed by atoms with van der Waals surface area (Å²) >= 11 is 0. The minimum absolute atomic E-state index is 0.352. The maximum absolute atomic E-state index is 12.3. The Balaban J connectivity index is 5.17. The molecule has 25 heavy (non-hydrogen) atoms. The Bertz CT molecular complexity index is 421. The van der Waals surface area contributed by atoms with Crippen LogP contribution in [0.2, 0.25) is 0 Å². The van der Waals surface area contributed by atoms with Gasteiger partial charge in [-0.15, -0.1) is 0 Å². The van der Waals surface area contributed by atoms with Crippen molar-refractivity contribution in [3.63, 3.8) is 0 Å². The summed E-state index contributed by atoms with van der Waals surface area (Å²) in [7, 11) is 0. The van der Waals surface area contributed by atoms with Gasteiger partial charge in [0.25, 0.3) is 0 Å². The Hall–Kier alpha value is -1.63. The Morgan fingerprint density at radius 3 is 1.40 bits per heavy atom. The van der Waals surface area contributed by atoms with Crippen LogP contribution in [0.3, 0.4) is 0 Å². The summed E-state index contributed by atoms with van der Waals surface area (Å²) in [5, 5.41) is 10.7. The summed E-state index contributed by atoms with van der Waals surface area (Å²) in [4.78, 5) is 36.3. The van der Waals surface area contributed by atoms with Crippen molar-refractivity contribution >= 4 is 17.9 Å². The zero-order valence-corrected chi connectivity index (χ0v) is 16.2. The summed E-state index contributed by atoms with van der Waals surface area (Å²) in [5.74, 6) is -2.56. The van der Waals surface area contributed by atoms with Crippen molar-refractivity contribution in [1.82, 2.24) is 0 Å². The number of carbonyl (C=O) groups excluding carboxylic acids is 3. The zero-order chi connectivity index (χ0) is 19.6. The summed E-state index contributed by atoms with van der Waals surface area (Å²) in [5.41, 5.74) is -2.31. The molecule has 0 aliphatic heterocycles. The molecule has 7 nitrogen and oxygen atoms in total. The van der Waals surface area contributed by atoms with Crippen LogP contribution < -0.4 is 0 Å². The zero-order valence-electron chi connectivity index (χ0n) is 16.2. The smallest absolute Gasteiger partial charge is 0.339 e. The van der Waals surface area contributed by atoms with Crippen molar-refractivity contribution in [3.05, 3.63) is 0 Å². The summed E-state index contributed by atoms with van der Waals surface area (Å²) in [6, 6.07) is 0.